The number of hydrogen-bond acceptors (Lipinski definition) is 3. The lowest BCUT2D eigenvalue weighted by atomic mass is 9.89. The van der Waals surface area contributed by atoms with E-state index in [4.69, 9.17) is 5.73 Å². The van der Waals surface area contributed by atoms with Gasteiger partial charge >= 0.3 is 6.18 Å². The van der Waals surface area contributed by atoms with E-state index in [2.05, 4.69) is 5.32 Å². The minimum absolute atomic E-state index is 0.0154. The molecule has 3 nitrogen and oxygen atoms in total. The van der Waals surface area contributed by atoms with Crippen LogP contribution in [0.3, 0.4) is 0 Å². The molecule has 0 amide bonds. The van der Waals surface area contributed by atoms with E-state index in [1.807, 2.05) is 0 Å². The van der Waals surface area contributed by atoms with Gasteiger partial charge < -0.3 is 11.1 Å². The zero-order chi connectivity index (χ0) is 14.8. The van der Waals surface area contributed by atoms with Crippen LogP contribution in [0.4, 0.5) is 18.9 Å². The first-order valence-electron chi connectivity index (χ1n) is 6.59. The van der Waals surface area contributed by atoms with Crippen LogP contribution >= 0.6 is 0 Å². The molecule has 3 N–H and O–H groups in total. The van der Waals surface area contributed by atoms with Gasteiger partial charge in [-0.05, 0) is 44.0 Å². The first-order chi connectivity index (χ1) is 9.39. The molecule has 20 heavy (non-hydrogen) atoms. The Kier molecular flexibility index (Phi) is 4.32. The fourth-order valence-corrected chi connectivity index (χ4v) is 2.51. The number of Topliss-reactive ketones (excluding diaryl/α,β-unsaturated/α-hetero) is 1. The first kappa shape index (κ1) is 14.8. The fraction of sp³-hybridized carbons (Fsp3) is 0.500. The van der Waals surface area contributed by atoms with Crippen LogP contribution in [-0.4, -0.2) is 18.9 Å². The molecule has 1 aliphatic heterocycles. The number of anilines is 1. The average Bonchev–Trinajstić information content (AvgIpc) is 2.38. The fourth-order valence-electron chi connectivity index (χ4n) is 2.51. The third-order valence-electron chi connectivity index (χ3n) is 3.64. The highest BCUT2D eigenvalue weighted by atomic mass is 19.4. The van der Waals surface area contributed by atoms with Crippen molar-refractivity contribution in [3.63, 3.8) is 0 Å². The lowest BCUT2D eigenvalue weighted by Crippen LogP contribution is -2.29. The van der Waals surface area contributed by atoms with E-state index in [-0.39, 0.29) is 23.7 Å². The molecule has 0 bridgehead atoms. The molecule has 1 fully saturated rings. The molecule has 6 heteroatoms. The zero-order valence-corrected chi connectivity index (χ0v) is 11.0. The summed E-state index contributed by atoms with van der Waals surface area (Å²) in [5.41, 5.74) is 4.11. The molecular formula is C14H17F3N2O. The van der Waals surface area contributed by atoms with E-state index in [0.717, 1.165) is 32.0 Å². The molecular weight excluding hydrogens is 269 g/mol. The summed E-state index contributed by atoms with van der Waals surface area (Å²) in [6.45, 7) is 1.69. The Labute approximate surface area is 115 Å². The smallest absolute Gasteiger partial charge is 0.398 e. The number of nitrogen functional groups attached to an aromatic ring is 1. The maximum atomic E-state index is 12.8. The van der Waals surface area contributed by atoms with Gasteiger partial charge in [0.2, 0.25) is 0 Å². The van der Waals surface area contributed by atoms with Crippen molar-refractivity contribution in [1.29, 1.82) is 0 Å². The standard InChI is InChI=1S/C14H17F3N2O/c15-14(16,17)11-3-1-2-10(13(11)18)12(20)8-9-4-6-19-7-5-9/h1-3,9,19H,4-8,18H2. The van der Waals surface area contributed by atoms with Gasteiger partial charge in [0.1, 0.15) is 0 Å². The predicted molar refractivity (Wildman–Crippen MR) is 70.4 cm³/mol. The largest absolute Gasteiger partial charge is 0.418 e. The van der Waals surface area contributed by atoms with Crippen LogP contribution in [0.1, 0.15) is 35.2 Å². The summed E-state index contributed by atoms with van der Waals surface area (Å²) in [5.74, 6) is -0.0850. The van der Waals surface area contributed by atoms with Gasteiger partial charge in [-0.2, -0.15) is 13.2 Å². The molecule has 0 radical (unpaired) electrons. The predicted octanol–water partition coefficient (Wildman–Crippen LogP) is 2.86. The number of halogens is 3. The summed E-state index contributed by atoms with van der Waals surface area (Å²) in [4.78, 5) is 12.1. The SMILES string of the molecule is Nc1c(C(=O)CC2CCNCC2)cccc1C(F)(F)F. The van der Waals surface area contributed by atoms with Crippen molar-refractivity contribution in [2.45, 2.75) is 25.4 Å². The van der Waals surface area contributed by atoms with Gasteiger partial charge in [-0.15, -0.1) is 0 Å². The molecule has 1 aromatic rings. The third-order valence-corrected chi connectivity index (χ3v) is 3.64. The topological polar surface area (TPSA) is 55.1 Å². The van der Waals surface area contributed by atoms with Crippen LogP contribution in [0.15, 0.2) is 18.2 Å². The van der Waals surface area contributed by atoms with Crippen LogP contribution < -0.4 is 11.1 Å². The summed E-state index contributed by atoms with van der Waals surface area (Å²) in [6.07, 6.45) is -2.54. The van der Waals surface area contributed by atoms with E-state index < -0.39 is 17.4 Å². The van der Waals surface area contributed by atoms with Crippen molar-refractivity contribution in [2.75, 3.05) is 18.8 Å². The second-order valence-corrected chi connectivity index (χ2v) is 5.09. The Morgan fingerprint density at radius 1 is 1.30 bits per heavy atom. The summed E-state index contributed by atoms with van der Waals surface area (Å²) >= 11 is 0. The maximum absolute atomic E-state index is 12.8. The summed E-state index contributed by atoms with van der Waals surface area (Å²) in [5, 5.41) is 3.18. The molecule has 0 atom stereocenters. The van der Waals surface area contributed by atoms with E-state index in [1.54, 1.807) is 0 Å². The van der Waals surface area contributed by atoms with Crippen molar-refractivity contribution in [1.82, 2.24) is 5.32 Å². The normalized spacial score (nSPS) is 17.1. The average molecular weight is 286 g/mol. The lowest BCUT2D eigenvalue weighted by Gasteiger charge is -2.22. The molecule has 0 spiro atoms. The highest BCUT2D eigenvalue weighted by Gasteiger charge is 2.34. The van der Waals surface area contributed by atoms with E-state index >= 15 is 0 Å². The highest BCUT2D eigenvalue weighted by Crippen LogP contribution is 2.35. The van der Waals surface area contributed by atoms with Gasteiger partial charge in [-0.25, -0.2) is 0 Å². The summed E-state index contributed by atoms with van der Waals surface area (Å²) in [7, 11) is 0. The summed E-state index contributed by atoms with van der Waals surface area (Å²) < 4.78 is 38.3. The molecule has 1 aliphatic rings. The Hall–Kier alpha value is -1.56. The quantitative estimate of drug-likeness (QED) is 0.663. The van der Waals surface area contributed by atoms with Gasteiger partial charge in [0.25, 0.3) is 0 Å². The number of piperidine rings is 1. The minimum Gasteiger partial charge on any atom is -0.398 e. The zero-order valence-electron chi connectivity index (χ0n) is 11.0. The number of nitrogens with two attached hydrogens (primary N) is 1. The van der Waals surface area contributed by atoms with E-state index in [9.17, 15) is 18.0 Å². The van der Waals surface area contributed by atoms with E-state index in [1.165, 1.54) is 12.1 Å². The van der Waals surface area contributed by atoms with Gasteiger partial charge in [-0.3, -0.25) is 4.79 Å². The molecule has 0 unspecified atom stereocenters. The monoisotopic (exact) mass is 286 g/mol. The number of benzene rings is 1. The number of rotatable bonds is 3. The molecule has 2 rings (SSSR count). The van der Waals surface area contributed by atoms with Gasteiger partial charge in [0.05, 0.1) is 11.3 Å². The Morgan fingerprint density at radius 2 is 1.95 bits per heavy atom. The number of hydrogen-bond donors (Lipinski definition) is 2. The van der Waals surface area contributed by atoms with Crippen molar-refractivity contribution < 1.29 is 18.0 Å². The Morgan fingerprint density at radius 3 is 2.55 bits per heavy atom. The second kappa shape index (κ2) is 5.83. The maximum Gasteiger partial charge on any atom is 0.418 e. The highest BCUT2D eigenvalue weighted by molar-refractivity contribution is 6.01. The third kappa shape index (κ3) is 3.30. The number of ketones is 1. The molecule has 0 aliphatic carbocycles. The molecule has 0 aromatic heterocycles. The van der Waals surface area contributed by atoms with Gasteiger partial charge in [-0.1, -0.05) is 6.07 Å². The molecule has 0 saturated carbocycles. The van der Waals surface area contributed by atoms with E-state index in [0.29, 0.717) is 0 Å². The molecule has 110 valence electrons. The van der Waals surface area contributed by atoms with Gasteiger partial charge in [0, 0.05) is 12.0 Å². The van der Waals surface area contributed by atoms with Crippen molar-refractivity contribution in [3.8, 4) is 0 Å². The van der Waals surface area contributed by atoms with Crippen LogP contribution in [0.5, 0.6) is 0 Å². The number of carbonyl (C=O) groups excluding carboxylic acids is 1. The van der Waals surface area contributed by atoms with Crippen molar-refractivity contribution in [3.05, 3.63) is 29.3 Å². The minimum atomic E-state index is -4.53. The van der Waals surface area contributed by atoms with Crippen LogP contribution in [-0.2, 0) is 6.18 Å². The second-order valence-electron chi connectivity index (χ2n) is 5.09. The molecule has 1 heterocycles. The van der Waals surface area contributed by atoms with Gasteiger partial charge in [0.15, 0.2) is 5.78 Å². The number of para-hydroxylation sites is 1. The Balaban J connectivity index is 2.17. The van der Waals surface area contributed by atoms with Crippen LogP contribution in [0.25, 0.3) is 0 Å². The van der Waals surface area contributed by atoms with Crippen molar-refractivity contribution >= 4 is 11.5 Å². The summed E-state index contributed by atoms with van der Waals surface area (Å²) in [6, 6.07) is 3.50. The number of nitrogens with one attached hydrogen (secondary N) is 1. The Bertz CT molecular complexity index is 494. The first-order valence-corrected chi connectivity index (χ1v) is 6.59. The van der Waals surface area contributed by atoms with Crippen molar-refractivity contribution in [2.24, 2.45) is 5.92 Å². The molecule has 1 aromatic carbocycles. The lowest BCUT2D eigenvalue weighted by molar-refractivity contribution is -0.136. The number of carbonyl (C=O) groups is 1. The van der Waals surface area contributed by atoms with Crippen LogP contribution in [0.2, 0.25) is 0 Å². The van der Waals surface area contributed by atoms with Crippen LogP contribution in [0, 0.1) is 5.92 Å². The molecule has 1 saturated heterocycles. The number of alkyl halides is 3.